The van der Waals surface area contributed by atoms with E-state index < -0.39 is 0 Å². The molecule has 212 valence electrons. The van der Waals surface area contributed by atoms with Crippen LogP contribution in [0.2, 0.25) is 0 Å². The zero-order chi connectivity index (χ0) is 30.0. The van der Waals surface area contributed by atoms with E-state index in [1.807, 2.05) is 0 Å². The molecule has 0 aromatic heterocycles. The van der Waals surface area contributed by atoms with E-state index in [0.29, 0.717) is 0 Å². The van der Waals surface area contributed by atoms with Crippen LogP contribution in [0, 0.1) is 13.8 Å². The number of hydrogen-bond donors (Lipinski definition) is 0. The van der Waals surface area contributed by atoms with Gasteiger partial charge in [-0.25, -0.2) is 0 Å². The van der Waals surface area contributed by atoms with E-state index in [1.165, 1.54) is 49.8 Å². The van der Waals surface area contributed by atoms with Crippen LogP contribution in [0.3, 0.4) is 0 Å². The van der Waals surface area contributed by atoms with Crippen molar-refractivity contribution in [2.75, 3.05) is 4.90 Å². The lowest BCUT2D eigenvalue weighted by Crippen LogP contribution is -2.62. The maximum atomic E-state index is 6.54. The zero-order valence-electron chi connectivity index (χ0n) is 25.6. The number of nitrogens with zero attached hydrogens (tertiary/aromatic N) is 1. The first-order valence-corrected chi connectivity index (χ1v) is 15.5. The second kappa shape index (κ2) is 10.0. The molecule has 0 N–H and O–H groups in total. The first kappa shape index (κ1) is 26.6. The van der Waals surface area contributed by atoms with Crippen molar-refractivity contribution in [2.24, 2.45) is 0 Å². The molecule has 6 aromatic carbocycles. The van der Waals surface area contributed by atoms with Gasteiger partial charge >= 0.3 is 0 Å². The molecule has 0 unspecified atom stereocenters. The Morgan fingerprint density at radius 3 is 1.95 bits per heavy atom. The van der Waals surface area contributed by atoms with E-state index in [4.69, 9.17) is 4.74 Å². The molecule has 0 bridgehead atoms. The normalized spacial score (nSPS) is 13.8. The summed E-state index contributed by atoms with van der Waals surface area (Å²) in [5.74, 6) is 1.96. The van der Waals surface area contributed by atoms with Crippen molar-refractivity contribution in [3.8, 4) is 22.6 Å². The number of ether oxygens (including phenoxy) is 1. The van der Waals surface area contributed by atoms with Crippen molar-refractivity contribution in [2.45, 2.75) is 33.1 Å². The number of anilines is 3. The van der Waals surface area contributed by atoms with Crippen molar-refractivity contribution in [1.29, 1.82) is 0 Å². The second-order valence-electron chi connectivity index (χ2n) is 12.7. The molecule has 6 aromatic rings. The Kier molecular flexibility index (Phi) is 6.06. The first-order valence-electron chi connectivity index (χ1n) is 15.5. The summed E-state index contributed by atoms with van der Waals surface area (Å²) >= 11 is 0. The summed E-state index contributed by atoms with van der Waals surface area (Å²) < 4.78 is 6.54. The maximum Gasteiger partial charge on any atom is 0.251 e. The van der Waals surface area contributed by atoms with Crippen LogP contribution in [0.1, 0.15) is 36.1 Å². The third-order valence-corrected chi connectivity index (χ3v) is 9.53. The van der Waals surface area contributed by atoms with Gasteiger partial charge in [0.1, 0.15) is 11.5 Å². The third-order valence-electron chi connectivity index (χ3n) is 9.53. The highest BCUT2D eigenvalue weighted by molar-refractivity contribution is 6.98. The minimum atomic E-state index is -0.181. The van der Waals surface area contributed by atoms with Crippen LogP contribution in [0.15, 0.2) is 133 Å². The Morgan fingerprint density at radius 2 is 1.23 bits per heavy atom. The minimum Gasteiger partial charge on any atom is -0.458 e. The molecule has 3 heteroatoms. The molecule has 0 radical (unpaired) electrons. The number of hydrogen-bond acceptors (Lipinski definition) is 2. The number of fused-ring (bicyclic) bond motifs is 4. The van der Waals surface area contributed by atoms with Crippen molar-refractivity contribution >= 4 is 40.2 Å². The van der Waals surface area contributed by atoms with E-state index in [-0.39, 0.29) is 12.1 Å². The predicted molar refractivity (Wildman–Crippen MR) is 186 cm³/mol. The largest absolute Gasteiger partial charge is 0.458 e. The molecule has 0 spiro atoms. The first-order chi connectivity index (χ1) is 21.4. The quantitative estimate of drug-likeness (QED) is 0.197. The van der Waals surface area contributed by atoms with Crippen molar-refractivity contribution < 1.29 is 4.74 Å². The highest BCUT2D eigenvalue weighted by Gasteiger charge is 2.45. The average molecular weight is 568 g/mol. The molecule has 44 heavy (non-hydrogen) atoms. The van der Waals surface area contributed by atoms with Gasteiger partial charge in [-0.1, -0.05) is 110 Å². The SMILES string of the molecule is Cc1ccc2c(c1)B1c3ccc(-c4cccc(N(c5ccccc5)c5ccccc5)c4)cc3C(C)(C)c3c(C)ccc(c31)O2. The lowest BCUT2D eigenvalue weighted by molar-refractivity contribution is 0.484. The van der Waals surface area contributed by atoms with Crippen LogP contribution >= 0.6 is 0 Å². The molecule has 2 heterocycles. The number of para-hydroxylation sites is 2. The van der Waals surface area contributed by atoms with Gasteiger partial charge in [-0.3, -0.25) is 0 Å². The highest BCUT2D eigenvalue weighted by atomic mass is 16.5. The van der Waals surface area contributed by atoms with Gasteiger partial charge in [-0.15, -0.1) is 0 Å². The van der Waals surface area contributed by atoms with E-state index in [0.717, 1.165) is 28.6 Å². The molecule has 0 aliphatic carbocycles. The van der Waals surface area contributed by atoms with Crippen molar-refractivity contribution in [1.82, 2.24) is 0 Å². The average Bonchev–Trinajstić information content (AvgIpc) is 3.04. The number of rotatable bonds is 4. The summed E-state index contributed by atoms with van der Waals surface area (Å²) in [5, 5.41) is 0. The molecule has 8 rings (SSSR count). The Labute approximate surface area is 260 Å². The summed E-state index contributed by atoms with van der Waals surface area (Å²) in [6, 6.07) is 48.3. The van der Waals surface area contributed by atoms with Crippen molar-refractivity contribution in [3.05, 3.63) is 156 Å². The summed E-state index contributed by atoms with van der Waals surface area (Å²) in [5.41, 5.74) is 15.0. The van der Waals surface area contributed by atoms with Crippen LogP contribution in [0.4, 0.5) is 17.1 Å². The fourth-order valence-corrected chi connectivity index (χ4v) is 7.59. The Bertz CT molecular complexity index is 2010. The number of benzene rings is 6. The van der Waals surface area contributed by atoms with Gasteiger partial charge in [-0.2, -0.15) is 0 Å². The van der Waals surface area contributed by atoms with Crippen LogP contribution in [0.5, 0.6) is 11.5 Å². The van der Waals surface area contributed by atoms with Crippen LogP contribution in [-0.4, -0.2) is 6.71 Å². The van der Waals surface area contributed by atoms with Crippen LogP contribution in [-0.2, 0) is 5.41 Å². The molecule has 0 atom stereocenters. The number of aryl methyl sites for hydroxylation is 2. The summed E-state index contributed by atoms with van der Waals surface area (Å²) in [6.45, 7) is 9.33. The molecule has 0 amide bonds. The Hall–Kier alpha value is -5.02. The standard InChI is InChI=1S/C41H34BNO/c1-27-18-22-37-36(24-27)42-35-21-20-30(26-34(35)41(3,4)39-28(2)19-23-38(44-37)40(39)42)29-12-11-17-33(25-29)43(31-13-7-5-8-14-31)32-15-9-6-10-16-32/h5-26H,1-4H3. The Balaban J connectivity index is 1.29. The smallest absolute Gasteiger partial charge is 0.251 e. The van der Waals surface area contributed by atoms with Gasteiger partial charge in [0.15, 0.2) is 0 Å². The van der Waals surface area contributed by atoms with Crippen LogP contribution < -0.4 is 26.0 Å². The fourth-order valence-electron chi connectivity index (χ4n) is 7.59. The Morgan fingerprint density at radius 1 is 0.568 bits per heavy atom. The third kappa shape index (κ3) is 4.11. The van der Waals surface area contributed by atoms with Crippen LogP contribution in [0.25, 0.3) is 11.1 Å². The predicted octanol–water partition coefficient (Wildman–Crippen LogP) is 8.70. The molecule has 0 fully saturated rings. The molecular formula is C41H34BNO. The topological polar surface area (TPSA) is 12.5 Å². The van der Waals surface area contributed by atoms with E-state index in [2.05, 4.69) is 166 Å². The molecule has 0 saturated heterocycles. The minimum absolute atomic E-state index is 0.151. The lowest BCUT2D eigenvalue weighted by atomic mass is 9.30. The fraction of sp³-hybridized carbons (Fsp3) is 0.122. The van der Waals surface area contributed by atoms with Crippen molar-refractivity contribution in [3.63, 3.8) is 0 Å². The van der Waals surface area contributed by atoms with Gasteiger partial charge in [0.25, 0.3) is 6.71 Å². The lowest BCUT2D eigenvalue weighted by Gasteiger charge is -2.42. The molecule has 2 aliphatic rings. The van der Waals surface area contributed by atoms with E-state index >= 15 is 0 Å². The van der Waals surface area contributed by atoms with Gasteiger partial charge in [-0.05, 0) is 101 Å². The van der Waals surface area contributed by atoms with Gasteiger partial charge < -0.3 is 9.64 Å². The molecule has 2 nitrogen and oxygen atoms in total. The summed E-state index contributed by atoms with van der Waals surface area (Å²) in [4.78, 5) is 2.33. The molecule has 0 saturated carbocycles. The summed E-state index contributed by atoms with van der Waals surface area (Å²) in [7, 11) is 0. The summed E-state index contributed by atoms with van der Waals surface area (Å²) in [6.07, 6.45) is 0. The maximum absolute atomic E-state index is 6.54. The van der Waals surface area contributed by atoms with Gasteiger partial charge in [0.2, 0.25) is 0 Å². The molecular weight excluding hydrogens is 533 g/mol. The molecule has 2 aliphatic heterocycles. The second-order valence-corrected chi connectivity index (χ2v) is 12.7. The van der Waals surface area contributed by atoms with Gasteiger partial charge in [0.05, 0.1) is 0 Å². The monoisotopic (exact) mass is 567 g/mol. The zero-order valence-corrected chi connectivity index (χ0v) is 25.6. The highest BCUT2D eigenvalue weighted by Crippen LogP contribution is 2.42. The van der Waals surface area contributed by atoms with E-state index in [1.54, 1.807) is 0 Å². The van der Waals surface area contributed by atoms with Gasteiger partial charge in [0, 0.05) is 22.5 Å². The van der Waals surface area contributed by atoms with E-state index in [9.17, 15) is 0 Å².